The highest BCUT2D eigenvalue weighted by Crippen LogP contribution is 2.13. The number of hydrogen-bond acceptors (Lipinski definition) is 4. The smallest absolute Gasteiger partial charge is 0.240 e. The summed E-state index contributed by atoms with van der Waals surface area (Å²) in [6.07, 6.45) is 0.102. The van der Waals surface area contributed by atoms with Gasteiger partial charge in [0, 0.05) is 27.1 Å². The van der Waals surface area contributed by atoms with Crippen LogP contribution in [0.25, 0.3) is 0 Å². The molecule has 0 radical (unpaired) electrons. The van der Waals surface area contributed by atoms with Gasteiger partial charge < -0.3 is 10.0 Å². The van der Waals surface area contributed by atoms with Crippen LogP contribution in [0, 0.1) is 0 Å². The van der Waals surface area contributed by atoms with Gasteiger partial charge in [0.15, 0.2) is 0 Å². The summed E-state index contributed by atoms with van der Waals surface area (Å²) >= 11 is 0. The fourth-order valence-electron chi connectivity index (χ4n) is 1.22. The molecular formula is C11H16N2O4S. The molecular weight excluding hydrogens is 256 g/mol. The molecule has 0 spiro atoms. The van der Waals surface area contributed by atoms with Crippen molar-refractivity contribution >= 4 is 15.9 Å². The number of amides is 1. The van der Waals surface area contributed by atoms with Crippen molar-refractivity contribution in [2.75, 3.05) is 20.6 Å². The number of phenols is 1. The zero-order chi connectivity index (χ0) is 13.8. The first kappa shape index (κ1) is 14.5. The number of sulfonamides is 1. The molecule has 0 aliphatic heterocycles. The summed E-state index contributed by atoms with van der Waals surface area (Å²) < 4.78 is 25.9. The summed E-state index contributed by atoms with van der Waals surface area (Å²) in [6, 6.07) is 5.18. The summed E-state index contributed by atoms with van der Waals surface area (Å²) in [5, 5.41) is 9.07. The number of nitrogens with zero attached hydrogens (tertiary/aromatic N) is 1. The molecule has 0 saturated carbocycles. The maximum Gasteiger partial charge on any atom is 0.240 e. The van der Waals surface area contributed by atoms with Crippen LogP contribution in [0.15, 0.2) is 29.2 Å². The number of rotatable bonds is 5. The van der Waals surface area contributed by atoms with Gasteiger partial charge in [0.05, 0.1) is 4.90 Å². The minimum atomic E-state index is -3.63. The zero-order valence-corrected chi connectivity index (χ0v) is 11.1. The molecule has 0 fully saturated rings. The van der Waals surface area contributed by atoms with Crippen LogP contribution in [0.3, 0.4) is 0 Å². The molecule has 0 aliphatic carbocycles. The average molecular weight is 272 g/mol. The van der Waals surface area contributed by atoms with E-state index in [9.17, 15) is 13.2 Å². The van der Waals surface area contributed by atoms with E-state index in [0.717, 1.165) is 0 Å². The van der Waals surface area contributed by atoms with Crippen molar-refractivity contribution < 1.29 is 18.3 Å². The van der Waals surface area contributed by atoms with Crippen LogP contribution in [-0.2, 0) is 14.8 Å². The van der Waals surface area contributed by atoms with E-state index in [2.05, 4.69) is 4.72 Å². The Morgan fingerprint density at radius 2 is 1.83 bits per heavy atom. The topological polar surface area (TPSA) is 86.7 Å². The largest absolute Gasteiger partial charge is 0.508 e. The van der Waals surface area contributed by atoms with Crippen LogP contribution in [0.5, 0.6) is 5.75 Å². The molecule has 18 heavy (non-hydrogen) atoms. The van der Waals surface area contributed by atoms with Crippen molar-refractivity contribution in [1.29, 1.82) is 0 Å². The van der Waals surface area contributed by atoms with Gasteiger partial charge in [-0.25, -0.2) is 13.1 Å². The van der Waals surface area contributed by atoms with E-state index in [1.807, 2.05) is 0 Å². The molecule has 100 valence electrons. The Bertz CT molecular complexity index is 508. The van der Waals surface area contributed by atoms with E-state index >= 15 is 0 Å². The number of aromatic hydroxyl groups is 1. The average Bonchev–Trinajstić information content (AvgIpc) is 2.29. The molecule has 1 amide bonds. The van der Waals surface area contributed by atoms with E-state index in [1.54, 1.807) is 14.1 Å². The third-order valence-electron chi connectivity index (χ3n) is 2.28. The number of nitrogens with one attached hydrogen (secondary N) is 1. The third kappa shape index (κ3) is 4.01. The highest BCUT2D eigenvalue weighted by atomic mass is 32.2. The molecule has 0 unspecified atom stereocenters. The second-order valence-corrected chi connectivity index (χ2v) is 5.70. The molecule has 0 aromatic heterocycles. The SMILES string of the molecule is CN(C)C(=O)CCNS(=O)(=O)c1ccc(O)cc1. The van der Waals surface area contributed by atoms with E-state index in [4.69, 9.17) is 5.11 Å². The van der Waals surface area contributed by atoms with Crippen LogP contribution in [0.4, 0.5) is 0 Å². The molecule has 6 nitrogen and oxygen atoms in total. The van der Waals surface area contributed by atoms with E-state index < -0.39 is 10.0 Å². The van der Waals surface area contributed by atoms with Gasteiger partial charge in [-0.05, 0) is 24.3 Å². The summed E-state index contributed by atoms with van der Waals surface area (Å²) in [7, 11) is -0.414. The molecule has 1 aromatic carbocycles. The summed E-state index contributed by atoms with van der Waals surface area (Å²) in [4.78, 5) is 12.7. The Kier molecular flexibility index (Phi) is 4.69. The van der Waals surface area contributed by atoms with Crippen molar-refractivity contribution in [2.45, 2.75) is 11.3 Å². The summed E-state index contributed by atoms with van der Waals surface area (Å²) in [5.41, 5.74) is 0. The van der Waals surface area contributed by atoms with Crippen LogP contribution < -0.4 is 4.72 Å². The van der Waals surface area contributed by atoms with Gasteiger partial charge in [-0.15, -0.1) is 0 Å². The summed E-state index contributed by atoms with van der Waals surface area (Å²) in [5.74, 6) is -0.153. The lowest BCUT2D eigenvalue weighted by molar-refractivity contribution is -0.128. The molecule has 1 aromatic rings. The number of benzene rings is 1. The maximum absolute atomic E-state index is 11.8. The van der Waals surface area contributed by atoms with Crippen molar-refractivity contribution in [2.24, 2.45) is 0 Å². The van der Waals surface area contributed by atoms with Gasteiger partial charge in [0.1, 0.15) is 5.75 Å². The number of hydrogen-bond donors (Lipinski definition) is 2. The maximum atomic E-state index is 11.8. The molecule has 7 heteroatoms. The number of carbonyl (C=O) groups is 1. The third-order valence-corrected chi connectivity index (χ3v) is 3.75. The van der Waals surface area contributed by atoms with E-state index in [1.165, 1.54) is 29.2 Å². The minimum Gasteiger partial charge on any atom is -0.508 e. The number of phenolic OH excluding ortho intramolecular Hbond substituents is 1. The molecule has 0 bridgehead atoms. The second kappa shape index (κ2) is 5.83. The van der Waals surface area contributed by atoms with Crippen LogP contribution in [0.2, 0.25) is 0 Å². The lowest BCUT2D eigenvalue weighted by atomic mass is 10.3. The molecule has 0 aliphatic rings. The highest BCUT2D eigenvalue weighted by Gasteiger charge is 2.14. The lowest BCUT2D eigenvalue weighted by Crippen LogP contribution is -2.30. The van der Waals surface area contributed by atoms with E-state index in [0.29, 0.717) is 0 Å². The molecule has 1 rings (SSSR count). The predicted molar refractivity (Wildman–Crippen MR) is 66.6 cm³/mol. The van der Waals surface area contributed by atoms with Crippen LogP contribution >= 0.6 is 0 Å². The summed E-state index contributed by atoms with van der Waals surface area (Å²) in [6.45, 7) is 0.0419. The zero-order valence-electron chi connectivity index (χ0n) is 10.3. The normalized spacial score (nSPS) is 11.2. The standard InChI is InChI=1S/C11H16N2O4S/c1-13(2)11(15)7-8-12-18(16,17)10-5-3-9(14)4-6-10/h3-6,12,14H,7-8H2,1-2H3. The van der Waals surface area contributed by atoms with Gasteiger partial charge in [0.25, 0.3) is 0 Å². The first-order valence-electron chi connectivity index (χ1n) is 5.32. The monoisotopic (exact) mass is 272 g/mol. The molecule has 0 saturated heterocycles. The van der Waals surface area contributed by atoms with Gasteiger partial charge in [-0.2, -0.15) is 0 Å². The Labute approximate surface area is 106 Å². The van der Waals surface area contributed by atoms with Crippen LogP contribution in [-0.4, -0.2) is 45.0 Å². The first-order valence-corrected chi connectivity index (χ1v) is 6.80. The fraction of sp³-hybridized carbons (Fsp3) is 0.364. The quantitative estimate of drug-likeness (QED) is 0.798. The Balaban J connectivity index is 2.61. The van der Waals surface area contributed by atoms with Crippen LogP contribution in [0.1, 0.15) is 6.42 Å². The Morgan fingerprint density at radius 1 is 1.28 bits per heavy atom. The van der Waals surface area contributed by atoms with Crippen molar-refractivity contribution in [3.63, 3.8) is 0 Å². The molecule has 0 atom stereocenters. The van der Waals surface area contributed by atoms with Gasteiger partial charge in [-0.1, -0.05) is 0 Å². The van der Waals surface area contributed by atoms with Crippen molar-refractivity contribution in [1.82, 2.24) is 9.62 Å². The second-order valence-electron chi connectivity index (χ2n) is 3.93. The predicted octanol–water partition coefficient (Wildman–Crippen LogP) is 0.149. The molecule has 0 heterocycles. The first-order chi connectivity index (χ1) is 8.33. The highest BCUT2D eigenvalue weighted by molar-refractivity contribution is 7.89. The van der Waals surface area contributed by atoms with Crippen molar-refractivity contribution in [3.05, 3.63) is 24.3 Å². The Hall–Kier alpha value is -1.60. The van der Waals surface area contributed by atoms with E-state index in [-0.39, 0.29) is 29.5 Å². The molecule has 2 N–H and O–H groups in total. The van der Waals surface area contributed by atoms with Crippen molar-refractivity contribution in [3.8, 4) is 5.75 Å². The fourth-order valence-corrected chi connectivity index (χ4v) is 2.26. The van der Waals surface area contributed by atoms with Gasteiger partial charge >= 0.3 is 0 Å². The Morgan fingerprint density at radius 3 is 2.33 bits per heavy atom. The lowest BCUT2D eigenvalue weighted by Gasteiger charge is -2.10. The minimum absolute atomic E-state index is 0.00302. The van der Waals surface area contributed by atoms with Gasteiger partial charge in [-0.3, -0.25) is 4.79 Å². The number of carbonyl (C=O) groups excluding carboxylic acids is 1. The van der Waals surface area contributed by atoms with Gasteiger partial charge in [0.2, 0.25) is 15.9 Å².